The van der Waals surface area contributed by atoms with Crippen LogP contribution in [0.5, 0.6) is 0 Å². The minimum absolute atomic E-state index is 0.165. The number of carbonyl (C=O) groups excluding carboxylic acids is 1. The van der Waals surface area contributed by atoms with Crippen molar-refractivity contribution in [3.05, 3.63) is 29.6 Å². The van der Waals surface area contributed by atoms with Crippen molar-refractivity contribution in [3.8, 4) is 0 Å². The molecule has 1 aliphatic carbocycles. The molecular formula is C18H24N6O. The molecule has 25 heavy (non-hydrogen) atoms. The van der Waals surface area contributed by atoms with Crippen LogP contribution in [0, 0.1) is 5.92 Å². The molecule has 1 amide bonds. The average molecular weight is 340 g/mol. The fraction of sp³-hybridized carbons (Fsp3) is 0.667. The molecule has 7 nitrogen and oxygen atoms in total. The SMILES string of the molecule is Cn1cc([C@H]2C[C@@H]2C(=O)N2CCC(c3nnc4n3CCC4)CC2)cn1. The van der Waals surface area contributed by atoms with E-state index in [4.69, 9.17) is 0 Å². The van der Waals surface area contributed by atoms with E-state index in [0.29, 0.717) is 17.7 Å². The van der Waals surface area contributed by atoms with Crippen LogP contribution in [0.1, 0.15) is 54.7 Å². The average Bonchev–Trinajstić information content (AvgIpc) is 2.95. The summed E-state index contributed by atoms with van der Waals surface area (Å²) in [7, 11) is 1.93. The molecule has 7 heteroatoms. The van der Waals surface area contributed by atoms with E-state index >= 15 is 0 Å². The summed E-state index contributed by atoms with van der Waals surface area (Å²) in [5.74, 6) is 3.62. The second-order valence-corrected chi connectivity index (χ2v) is 7.73. The monoisotopic (exact) mass is 340 g/mol. The van der Waals surface area contributed by atoms with Crippen LogP contribution >= 0.6 is 0 Å². The predicted octanol–water partition coefficient (Wildman–Crippen LogP) is 1.47. The topological polar surface area (TPSA) is 68.8 Å². The largest absolute Gasteiger partial charge is 0.342 e. The van der Waals surface area contributed by atoms with Gasteiger partial charge in [0.05, 0.1) is 6.20 Å². The number of likely N-dealkylation sites (tertiary alicyclic amines) is 1. The van der Waals surface area contributed by atoms with Gasteiger partial charge >= 0.3 is 0 Å². The Hall–Kier alpha value is -2.18. The first-order chi connectivity index (χ1) is 12.2. The Balaban J connectivity index is 1.20. The van der Waals surface area contributed by atoms with Crippen molar-refractivity contribution in [2.75, 3.05) is 13.1 Å². The van der Waals surface area contributed by atoms with E-state index in [2.05, 4.69) is 24.8 Å². The van der Waals surface area contributed by atoms with Crippen LogP contribution in [0.3, 0.4) is 0 Å². The summed E-state index contributed by atoms with van der Waals surface area (Å²) in [5.41, 5.74) is 1.20. The van der Waals surface area contributed by atoms with Crippen molar-refractivity contribution in [1.82, 2.24) is 29.4 Å². The molecule has 0 unspecified atom stereocenters. The third-order valence-electron chi connectivity index (χ3n) is 6.07. The molecule has 1 saturated heterocycles. The highest BCUT2D eigenvalue weighted by atomic mass is 16.2. The van der Waals surface area contributed by atoms with Crippen LogP contribution in [0.4, 0.5) is 0 Å². The Bertz CT molecular complexity index is 800. The van der Waals surface area contributed by atoms with Gasteiger partial charge < -0.3 is 9.47 Å². The third kappa shape index (κ3) is 2.56. The molecule has 4 heterocycles. The summed E-state index contributed by atoms with van der Waals surface area (Å²) in [6.07, 6.45) is 9.17. The fourth-order valence-corrected chi connectivity index (χ4v) is 4.54. The standard InChI is InChI=1S/C18H24N6O/c1-22-11-13(10-19-22)14-9-15(14)18(25)23-7-4-12(5-8-23)17-21-20-16-3-2-6-24(16)17/h10-12,14-15H,2-9H2,1H3/t14-,15+/m1/s1. The zero-order chi connectivity index (χ0) is 17.0. The van der Waals surface area contributed by atoms with Crippen molar-refractivity contribution in [3.63, 3.8) is 0 Å². The molecule has 2 aromatic heterocycles. The van der Waals surface area contributed by atoms with Gasteiger partial charge in [0.2, 0.25) is 5.91 Å². The Labute approximate surface area is 147 Å². The van der Waals surface area contributed by atoms with E-state index in [9.17, 15) is 4.79 Å². The van der Waals surface area contributed by atoms with Crippen LogP contribution in [-0.2, 0) is 24.8 Å². The highest BCUT2D eigenvalue weighted by molar-refractivity contribution is 5.83. The van der Waals surface area contributed by atoms with Crippen molar-refractivity contribution in [2.24, 2.45) is 13.0 Å². The summed E-state index contributed by atoms with van der Waals surface area (Å²) in [4.78, 5) is 14.9. The molecule has 132 valence electrons. The van der Waals surface area contributed by atoms with Gasteiger partial charge in [0.1, 0.15) is 11.6 Å². The summed E-state index contributed by atoms with van der Waals surface area (Å²) >= 11 is 0. The lowest BCUT2D eigenvalue weighted by Gasteiger charge is -2.31. The quantitative estimate of drug-likeness (QED) is 0.848. The molecule has 5 rings (SSSR count). The molecule has 3 aliphatic rings. The van der Waals surface area contributed by atoms with Crippen molar-refractivity contribution in [1.29, 1.82) is 0 Å². The first-order valence-corrected chi connectivity index (χ1v) is 9.40. The van der Waals surface area contributed by atoms with Crippen molar-refractivity contribution >= 4 is 5.91 Å². The van der Waals surface area contributed by atoms with Crippen LogP contribution in [0.25, 0.3) is 0 Å². The zero-order valence-electron chi connectivity index (χ0n) is 14.6. The van der Waals surface area contributed by atoms with Gasteiger partial charge in [-0.15, -0.1) is 10.2 Å². The van der Waals surface area contributed by atoms with E-state index in [0.717, 1.165) is 57.0 Å². The molecule has 2 aromatic rings. The fourth-order valence-electron chi connectivity index (χ4n) is 4.54. The summed E-state index contributed by atoms with van der Waals surface area (Å²) in [6, 6.07) is 0. The number of hydrogen-bond donors (Lipinski definition) is 0. The summed E-state index contributed by atoms with van der Waals surface area (Å²) in [5, 5.41) is 13.0. The third-order valence-corrected chi connectivity index (χ3v) is 6.07. The molecule has 0 aromatic carbocycles. The minimum Gasteiger partial charge on any atom is -0.342 e. The van der Waals surface area contributed by atoms with Crippen LogP contribution < -0.4 is 0 Å². The molecule has 1 saturated carbocycles. The maximum atomic E-state index is 12.8. The minimum atomic E-state index is 0.165. The molecule has 0 bridgehead atoms. The molecule has 0 radical (unpaired) electrons. The molecular weight excluding hydrogens is 316 g/mol. The predicted molar refractivity (Wildman–Crippen MR) is 91.0 cm³/mol. The molecule has 2 atom stereocenters. The number of piperidine rings is 1. The normalized spacial score (nSPS) is 26.0. The van der Waals surface area contributed by atoms with E-state index in [1.54, 1.807) is 0 Å². The Morgan fingerprint density at radius 2 is 2.04 bits per heavy atom. The number of aryl methyl sites for hydroxylation is 2. The molecule has 0 spiro atoms. The van der Waals surface area contributed by atoms with Crippen LogP contribution in [0.2, 0.25) is 0 Å². The molecule has 2 aliphatic heterocycles. The lowest BCUT2D eigenvalue weighted by molar-refractivity contribution is -0.133. The number of hydrogen-bond acceptors (Lipinski definition) is 4. The van der Waals surface area contributed by atoms with Crippen LogP contribution in [0.15, 0.2) is 12.4 Å². The Morgan fingerprint density at radius 1 is 1.20 bits per heavy atom. The van der Waals surface area contributed by atoms with Gasteiger partial charge in [-0.25, -0.2) is 0 Å². The van der Waals surface area contributed by atoms with Gasteiger partial charge in [-0.3, -0.25) is 9.48 Å². The maximum absolute atomic E-state index is 12.8. The lowest BCUT2D eigenvalue weighted by atomic mass is 9.95. The van der Waals surface area contributed by atoms with E-state index in [-0.39, 0.29) is 5.92 Å². The zero-order valence-corrected chi connectivity index (χ0v) is 14.6. The molecule has 0 N–H and O–H groups in total. The summed E-state index contributed by atoms with van der Waals surface area (Å²) < 4.78 is 4.12. The number of rotatable bonds is 3. The second kappa shape index (κ2) is 5.68. The first kappa shape index (κ1) is 15.1. The summed E-state index contributed by atoms with van der Waals surface area (Å²) in [6.45, 7) is 2.76. The van der Waals surface area contributed by atoms with E-state index < -0.39 is 0 Å². The first-order valence-electron chi connectivity index (χ1n) is 9.40. The molecule has 2 fully saturated rings. The van der Waals surface area contributed by atoms with Crippen molar-refractivity contribution < 1.29 is 4.79 Å². The number of amides is 1. The van der Waals surface area contributed by atoms with Gasteiger partial charge in [0.25, 0.3) is 0 Å². The lowest BCUT2D eigenvalue weighted by Crippen LogP contribution is -2.39. The van der Waals surface area contributed by atoms with Gasteiger partial charge in [-0.2, -0.15) is 5.10 Å². The highest BCUT2D eigenvalue weighted by Gasteiger charge is 2.46. The highest BCUT2D eigenvalue weighted by Crippen LogP contribution is 2.48. The maximum Gasteiger partial charge on any atom is 0.226 e. The second-order valence-electron chi connectivity index (χ2n) is 7.73. The number of nitrogens with zero attached hydrogens (tertiary/aromatic N) is 6. The smallest absolute Gasteiger partial charge is 0.226 e. The van der Waals surface area contributed by atoms with Gasteiger partial charge in [0.15, 0.2) is 0 Å². The van der Waals surface area contributed by atoms with Gasteiger partial charge in [-0.1, -0.05) is 0 Å². The Kier molecular flexibility index (Phi) is 3.43. The Morgan fingerprint density at radius 3 is 2.80 bits per heavy atom. The van der Waals surface area contributed by atoms with E-state index in [1.165, 1.54) is 12.0 Å². The number of fused-ring (bicyclic) bond motifs is 1. The van der Waals surface area contributed by atoms with Gasteiger partial charge in [-0.05, 0) is 37.2 Å². The van der Waals surface area contributed by atoms with E-state index in [1.807, 2.05) is 24.1 Å². The van der Waals surface area contributed by atoms with Crippen LogP contribution in [-0.4, -0.2) is 48.4 Å². The van der Waals surface area contributed by atoms with Gasteiger partial charge in [0, 0.05) is 51.1 Å². The van der Waals surface area contributed by atoms with Crippen molar-refractivity contribution in [2.45, 2.75) is 50.5 Å². The number of aromatic nitrogens is 5. The number of carbonyl (C=O) groups is 1.